The minimum absolute atomic E-state index is 0.0206. The Morgan fingerprint density at radius 3 is 2.63 bits per heavy atom. The first-order valence-electron chi connectivity index (χ1n) is 8.56. The van der Waals surface area contributed by atoms with E-state index < -0.39 is 12.0 Å². The van der Waals surface area contributed by atoms with E-state index in [0.29, 0.717) is 16.3 Å². The molecule has 27 heavy (non-hydrogen) atoms. The Labute approximate surface area is 161 Å². The average Bonchev–Trinajstić information content (AvgIpc) is 3.36. The Kier molecular flexibility index (Phi) is 6.03. The third kappa shape index (κ3) is 4.83. The summed E-state index contributed by atoms with van der Waals surface area (Å²) in [5.74, 6) is -0.292. The SMILES string of the molecule is CC(C)[C@H](NC(=O)c1cccs1)C(=O)OCc1cc(-c2ccccc2)on1. The monoisotopic (exact) mass is 384 g/mol. The van der Waals surface area contributed by atoms with Crippen molar-refractivity contribution in [1.82, 2.24) is 10.5 Å². The maximum absolute atomic E-state index is 12.4. The van der Waals surface area contributed by atoms with E-state index in [1.165, 1.54) is 11.3 Å². The number of hydrogen-bond donors (Lipinski definition) is 1. The van der Waals surface area contributed by atoms with E-state index in [9.17, 15) is 9.59 Å². The summed E-state index contributed by atoms with van der Waals surface area (Å²) in [5.41, 5.74) is 1.40. The Bertz CT molecular complexity index is 888. The Hall–Kier alpha value is -2.93. The molecule has 0 fully saturated rings. The van der Waals surface area contributed by atoms with Crippen LogP contribution >= 0.6 is 11.3 Å². The van der Waals surface area contributed by atoms with Crippen molar-refractivity contribution in [2.75, 3.05) is 0 Å². The third-order valence-corrected chi connectivity index (χ3v) is 4.80. The molecule has 7 heteroatoms. The van der Waals surface area contributed by atoms with Gasteiger partial charge in [-0.05, 0) is 17.4 Å². The number of esters is 1. The molecular weight excluding hydrogens is 364 g/mol. The molecule has 1 amide bonds. The molecule has 2 aromatic heterocycles. The second kappa shape index (κ2) is 8.64. The molecule has 0 unspecified atom stereocenters. The van der Waals surface area contributed by atoms with Gasteiger partial charge in [0.15, 0.2) is 5.76 Å². The number of hydrogen-bond acceptors (Lipinski definition) is 6. The van der Waals surface area contributed by atoms with Crippen LogP contribution in [0.25, 0.3) is 11.3 Å². The van der Waals surface area contributed by atoms with Gasteiger partial charge in [0, 0.05) is 11.6 Å². The van der Waals surface area contributed by atoms with Gasteiger partial charge in [-0.1, -0.05) is 55.4 Å². The lowest BCUT2D eigenvalue weighted by atomic mass is 10.0. The molecule has 0 saturated heterocycles. The lowest BCUT2D eigenvalue weighted by molar-refractivity contribution is -0.148. The minimum atomic E-state index is -0.736. The topological polar surface area (TPSA) is 81.4 Å². The van der Waals surface area contributed by atoms with Gasteiger partial charge in [-0.15, -0.1) is 11.3 Å². The molecule has 0 aliphatic heterocycles. The second-order valence-corrected chi connectivity index (χ2v) is 7.28. The highest BCUT2D eigenvalue weighted by atomic mass is 32.1. The van der Waals surface area contributed by atoms with Gasteiger partial charge in [-0.2, -0.15) is 0 Å². The van der Waals surface area contributed by atoms with Gasteiger partial charge in [-0.25, -0.2) is 4.79 Å². The molecule has 0 bridgehead atoms. The van der Waals surface area contributed by atoms with Crippen molar-refractivity contribution in [3.8, 4) is 11.3 Å². The smallest absolute Gasteiger partial charge is 0.329 e. The van der Waals surface area contributed by atoms with Gasteiger partial charge >= 0.3 is 5.97 Å². The molecule has 0 spiro atoms. The van der Waals surface area contributed by atoms with Crippen molar-refractivity contribution in [3.05, 3.63) is 64.5 Å². The summed E-state index contributed by atoms with van der Waals surface area (Å²) < 4.78 is 10.6. The number of amides is 1. The zero-order valence-electron chi connectivity index (χ0n) is 15.0. The van der Waals surface area contributed by atoms with Crippen LogP contribution in [0.15, 0.2) is 58.4 Å². The van der Waals surface area contributed by atoms with Crippen molar-refractivity contribution in [2.45, 2.75) is 26.5 Å². The number of aromatic nitrogens is 1. The zero-order chi connectivity index (χ0) is 19.2. The minimum Gasteiger partial charge on any atom is -0.458 e. The van der Waals surface area contributed by atoms with Crippen molar-refractivity contribution in [3.63, 3.8) is 0 Å². The first-order valence-corrected chi connectivity index (χ1v) is 9.44. The summed E-state index contributed by atoms with van der Waals surface area (Å²) in [4.78, 5) is 25.2. The predicted octanol–water partition coefficient (Wildman–Crippen LogP) is 3.90. The van der Waals surface area contributed by atoms with E-state index in [2.05, 4.69) is 10.5 Å². The van der Waals surface area contributed by atoms with E-state index in [0.717, 1.165) is 5.56 Å². The number of nitrogens with zero attached hydrogens (tertiary/aromatic N) is 1. The summed E-state index contributed by atoms with van der Waals surface area (Å²) in [5, 5.41) is 8.48. The van der Waals surface area contributed by atoms with E-state index in [1.54, 1.807) is 18.2 Å². The summed E-state index contributed by atoms with van der Waals surface area (Å²) in [6.07, 6.45) is 0. The average molecular weight is 384 g/mol. The first kappa shape index (κ1) is 18.8. The molecular formula is C20H20N2O4S. The number of benzene rings is 1. The van der Waals surface area contributed by atoms with Crippen molar-refractivity contribution < 1.29 is 18.8 Å². The van der Waals surface area contributed by atoms with Crippen molar-refractivity contribution >= 4 is 23.2 Å². The van der Waals surface area contributed by atoms with Crippen LogP contribution in [0.5, 0.6) is 0 Å². The molecule has 0 aliphatic rings. The molecule has 6 nitrogen and oxygen atoms in total. The number of ether oxygens (including phenoxy) is 1. The zero-order valence-corrected chi connectivity index (χ0v) is 15.9. The van der Waals surface area contributed by atoms with E-state index >= 15 is 0 Å². The van der Waals surface area contributed by atoms with E-state index in [1.807, 2.05) is 49.6 Å². The highest BCUT2D eigenvalue weighted by Gasteiger charge is 2.26. The fourth-order valence-corrected chi connectivity index (χ4v) is 3.10. The Balaban J connectivity index is 1.60. The molecule has 0 aliphatic carbocycles. The standard InChI is InChI=1S/C20H20N2O4S/c1-13(2)18(21-19(23)17-9-6-10-27-17)20(24)25-12-15-11-16(26-22-15)14-7-4-3-5-8-14/h3-11,13,18H,12H2,1-2H3,(H,21,23)/t18-/m0/s1. The lowest BCUT2D eigenvalue weighted by Gasteiger charge is -2.20. The number of carbonyl (C=O) groups excluding carboxylic acids is 2. The molecule has 1 atom stereocenters. The molecule has 0 saturated carbocycles. The fourth-order valence-electron chi connectivity index (χ4n) is 2.47. The van der Waals surface area contributed by atoms with Gasteiger partial charge in [0.25, 0.3) is 5.91 Å². The molecule has 3 rings (SSSR count). The largest absolute Gasteiger partial charge is 0.458 e. The summed E-state index contributed by atoms with van der Waals surface area (Å²) in [6, 6.07) is 14.0. The van der Waals surface area contributed by atoms with E-state index in [4.69, 9.17) is 9.26 Å². The second-order valence-electron chi connectivity index (χ2n) is 6.33. The van der Waals surface area contributed by atoms with Gasteiger partial charge in [-0.3, -0.25) is 4.79 Å². The summed E-state index contributed by atoms with van der Waals surface area (Å²) in [6.45, 7) is 3.68. The number of rotatable bonds is 7. The molecule has 0 radical (unpaired) electrons. The number of thiophene rings is 1. The van der Waals surface area contributed by atoms with Crippen LogP contribution in [0.3, 0.4) is 0 Å². The number of nitrogens with one attached hydrogen (secondary N) is 1. The maximum Gasteiger partial charge on any atom is 0.329 e. The van der Waals surface area contributed by atoms with Gasteiger partial charge < -0.3 is 14.6 Å². The summed E-state index contributed by atoms with van der Waals surface area (Å²) in [7, 11) is 0. The van der Waals surface area contributed by atoms with Gasteiger partial charge in [0.2, 0.25) is 0 Å². The maximum atomic E-state index is 12.4. The Morgan fingerprint density at radius 1 is 1.19 bits per heavy atom. The van der Waals surface area contributed by atoms with Crippen molar-refractivity contribution in [2.24, 2.45) is 5.92 Å². The van der Waals surface area contributed by atoms with Crippen LogP contribution < -0.4 is 5.32 Å². The third-order valence-electron chi connectivity index (χ3n) is 3.93. The van der Waals surface area contributed by atoms with Gasteiger partial charge in [0.05, 0.1) is 4.88 Å². The fraction of sp³-hybridized carbons (Fsp3) is 0.250. The normalized spacial score (nSPS) is 12.0. The van der Waals surface area contributed by atoms with Crippen LogP contribution in [0.1, 0.15) is 29.2 Å². The molecule has 3 aromatic rings. The highest BCUT2D eigenvalue weighted by molar-refractivity contribution is 7.12. The Morgan fingerprint density at radius 2 is 1.96 bits per heavy atom. The van der Waals surface area contributed by atoms with Crippen LogP contribution in [-0.4, -0.2) is 23.1 Å². The van der Waals surface area contributed by atoms with Crippen LogP contribution in [0.2, 0.25) is 0 Å². The molecule has 2 heterocycles. The van der Waals surface area contributed by atoms with E-state index in [-0.39, 0.29) is 18.4 Å². The van der Waals surface area contributed by atoms with Crippen LogP contribution in [0.4, 0.5) is 0 Å². The summed E-state index contributed by atoms with van der Waals surface area (Å²) >= 11 is 1.32. The molecule has 1 aromatic carbocycles. The lowest BCUT2D eigenvalue weighted by Crippen LogP contribution is -2.45. The molecule has 1 N–H and O–H groups in total. The molecule has 140 valence electrons. The quantitative estimate of drug-likeness (QED) is 0.625. The van der Waals surface area contributed by atoms with Crippen molar-refractivity contribution in [1.29, 1.82) is 0 Å². The first-order chi connectivity index (χ1) is 13.0. The predicted molar refractivity (Wildman–Crippen MR) is 102 cm³/mol. The highest BCUT2D eigenvalue weighted by Crippen LogP contribution is 2.20. The van der Waals surface area contributed by atoms with Crippen LogP contribution in [-0.2, 0) is 16.1 Å². The van der Waals surface area contributed by atoms with Crippen LogP contribution in [0, 0.1) is 5.92 Å². The number of carbonyl (C=O) groups is 2. The van der Waals surface area contributed by atoms with Gasteiger partial charge in [0.1, 0.15) is 18.3 Å².